The predicted octanol–water partition coefficient (Wildman–Crippen LogP) is 2.22. The maximum Gasteiger partial charge on any atom is 0.176 e. The molecule has 0 fully saturated rings. The summed E-state index contributed by atoms with van der Waals surface area (Å²) in [6.07, 6.45) is -1.25. The minimum atomic E-state index is -0.661. The van der Waals surface area contributed by atoms with Gasteiger partial charge in [0.1, 0.15) is 24.6 Å². The standard InChI is InChI=1S/C16H23NO4/c1-10(2)17-8-13(19)9-20-14-6-4-5-12-7-15(11(3)18)21-16(12)14/h4-7,10-11,13,17-19H,8-9H2,1-3H3/t11-,13-/m1/s1. The molecule has 0 bridgehead atoms. The summed E-state index contributed by atoms with van der Waals surface area (Å²) in [5.41, 5.74) is 0.595. The fraction of sp³-hybridized carbons (Fsp3) is 0.500. The first-order valence-electron chi connectivity index (χ1n) is 7.22. The molecule has 0 aliphatic rings. The molecule has 116 valence electrons. The lowest BCUT2D eigenvalue weighted by Crippen LogP contribution is -2.35. The highest BCUT2D eigenvalue weighted by Crippen LogP contribution is 2.31. The lowest BCUT2D eigenvalue weighted by Gasteiger charge is -2.15. The molecule has 1 heterocycles. The van der Waals surface area contributed by atoms with Crippen molar-refractivity contribution in [3.63, 3.8) is 0 Å². The summed E-state index contributed by atoms with van der Waals surface area (Å²) >= 11 is 0. The Morgan fingerprint density at radius 3 is 2.67 bits per heavy atom. The Morgan fingerprint density at radius 2 is 2.00 bits per heavy atom. The zero-order chi connectivity index (χ0) is 15.4. The summed E-state index contributed by atoms with van der Waals surface area (Å²) in [6, 6.07) is 7.66. The Hall–Kier alpha value is -1.56. The van der Waals surface area contributed by atoms with Crippen LogP contribution >= 0.6 is 0 Å². The number of fused-ring (bicyclic) bond motifs is 1. The molecule has 0 amide bonds. The molecule has 0 aliphatic heterocycles. The molecule has 1 aromatic heterocycles. The molecule has 0 aliphatic carbocycles. The SMILES string of the molecule is CC(C)NC[C@@H](O)COc1cccc2cc([C@@H](C)O)oc12. The van der Waals surface area contributed by atoms with E-state index in [2.05, 4.69) is 5.32 Å². The van der Waals surface area contributed by atoms with E-state index in [0.717, 1.165) is 5.39 Å². The van der Waals surface area contributed by atoms with Gasteiger partial charge in [0.05, 0.1) is 0 Å². The number of para-hydroxylation sites is 1. The molecule has 0 unspecified atom stereocenters. The third-order valence-electron chi connectivity index (χ3n) is 3.13. The van der Waals surface area contributed by atoms with Gasteiger partial charge in [-0.25, -0.2) is 0 Å². The second-order valence-electron chi connectivity index (χ2n) is 5.53. The maximum atomic E-state index is 9.87. The van der Waals surface area contributed by atoms with Crippen molar-refractivity contribution in [3.8, 4) is 5.75 Å². The minimum Gasteiger partial charge on any atom is -0.487 e. The van der Waals surface area contributed by atoms with Crippen molar-refractivity contribution >= 4 is 11.0 Å². The highest BCUT2D eigenvalue weighted by atomic mass is 16.5. The number of ether oxygens (including phenoxy) is 1. The predicted molar refractivity (Wildman–Crippen MR) is 81.5 cm³/mol. The smallest absolute Gasteiger partial charge is 0.176 e. The third-order valence-corrected chi connectivity index (χ3v) is 3.13. The van der Waals surface area contributed by atoms with Gasteiger partial charge in [-0.05, 0) is 19.1 Å². The summed E-state index contributed by atoms with van der Waals surface area (Å²) < 4.78 is 11.3. The number of rotatable bonds is 7. The first-order chi connectivity index (χ1) is 9.97. The molecule has 0 radical (unpaired) electrons. The highest BCUT2D eigenvalue weighted by Gasteiger charge is 2.13. The molecule has 3 N–H and O–H groups in total. The number of hydrogen-bond acceptors (Lipinski definition) is 5. The van der Waals surface area contributed by atoms with Crippen LogP contribution in [0.3, 0.4) is 0 Å². The highest BCUT2D eigenvalue weighted by molar-refractivity contribution is 5.83. The van der Waals surface area contributed by atoms with Crippen LogP contribution in [0.5, 0.6) is 5.75 Å². The van der Waals surface area contributed by atoms with Crippen molar-refractivity contribution in [2.45, 2.75) is 39.0 Å². The van der Waals surface area contributed by atoms with Gasteiger partial charge in [0, 0.05) is 18.0 Å². The largest absolute Gasteiger partial charge is 0.487 e. The Labute approximate surface area is 124 Å². The Morgan fingerprint density at radius 1 is 1.24 bits per heavy atom. The summed E-state index contributed by atoms with van der Waals surface area (Å²) in [4.78, 5) is 0. The van der Waals surface area contributed by atoms with Gasteiger partial charge >= 0.3 is 0 Å². The first-order valence-corrected chi connectivity index (χ1v) is 7.22. The van der Waals surface area contributed by atoms with Crippen molar-refractivity contribution in [1.29, 1.82) is 0 Å². The number of aliphatic hydroxyl groups excluding tert-OH is 2. The number of furan rings is 1. The summed E-state index contributed by atoms with van der Waals surface area (Å²) in [5.74, 6) is 1.08. The van der Waals surface area contributed by atoms with Crippen LogP contribution in [0.15, 0.2) is 28.7 Å². The molecule has 0 spiro atoms. The van der Waals surface area contributed by atoms with Crippen molar-refractivity contribution in [1.82, 2.24) is 5.32 Å². The van der Waals surface area contributed by atoms with Crippen LogP contribution in [-0.4, -0.2) is 35.5 Å². The van der Waals surface area contributed by atoms with Crippen LogP contribution in [0.2, 0.25) is 0 Å². The Balaban J connectivity index is 2.04. The number of hydrogen-bond donors (Lipinski definition) is 3. The Bertz CT molecular complexity index is 577. The van der Waals surface area contributed by atoms with Crippen molar-refractivity contribution in [3.05, 3.63) is 30.0 Å². The Kier molecular flexibility index (Phi) is 5.22. The van der Waals surface area contributed by atoms with E-state index in [1.165, 1.54) is 0 Å². The van der Waals surface area contributed by atoms with Gasteiger partial charge in [-0.1, -0.05) is 26.0 Å². The van der Waals surface area contributed by atoms with Crippen molar-refractivity contribution in [2.75, 3.05) is 13.2 Å². The third kappa shape index (κ3) is 4.20. The van der Waals surface area contributed by atoms with E-state index in [9.17, 15) is 10.2 Å². The van der Waals surface area contributed by atoms with E-state index in [0.29, 0.717) is 29.7 Å². The second kappa shape index (κ2) is 6.93. The number of nitrogens with one attached hydrogen (secondary N) is 1. The topological polar surface area (TPSA) is 74.9 Å². The van der Waals surface area contributed by atoms with E-state index in [1.54, 1.807) is 19.1 Å². The van der Waals surface area contributed by atoms with Crippen LogP contribution in [0.4, 0.5) is 0 Å². The van der Waals surface area contributed by atoms with Crippen LogP contribution < -0.4 is 10.1 Å². The zero-order valence-corrected chi connectivity index (χ0v) is 12.7. The number of benzene rings is 1. The van der Waals surface area contributed by atoms with Gasteiger partial charge in [-0.3, -0.25) is 0 Å². The average molecular weight is 293 g/mol. The minimum absolute atomic E-state index is 0.184. The monoisotopic (exact) mass is 293 g/mol. The van der Waals surface area contributed by atoms with E-state index in [-0.39, 0.29) is 6.61 Å². The second-order valence-corrected chi connectivity index (χ2v) is 5.53. The first kappa shape index (κ1) is 15.8. The van der Waals surface area contributed by atoms with E-state index in [4.69, 9.17) is 9.15 Å². The summed E-state index contributed by atoms with van der Waals surface area (Å²) in [6.45, 7) is 6.36. The average Bonchev–Trinajstić information content (AvgIpc) is 2.87. The fourth-order valence-electron chi connectivity index (χ4n) is 1.99. The molecule has 0 saturated heterocycles. The molecule has 5 heteroatoms. The summed E-state index contributed by atoms with van der Waals surface area (Å²) in [7, 11) is 0. The quantitative estimate of drug-likeness (QED) is 0.730. The summed E-state index contributed by atoms with van der Waals surface area (Å²) in [5, 5.41) is 23.5. The molecular formula is C16H23NO4. The normalized spacial score (nSPS) is 14.6. The van der Waals surface area contributed by atoms with E-state index < -0.39 is 12.2 Å². The van der Waals surface area contributed by atoms with Crippen LogP contribution in [0.1, 0.15) is 32.6 Å². The lowest BCUT2D eigenvalue weighted by molar-refractivity contribution is 0.104. The van der Waals surface area contributed by atoms with Gasteiger partial charge in [-0.15, -0.1) is 0 Å². The molecule has 2 aromatic rings. The maximum absolute atomic E-state index is 9.87. The van der Waals surface area contributed by atoms with Gasteiger partial charge in [0.15, 0.2) is 11.3 Å². The van der Waals surface area contributed by atoms with Gasteiger partial charge in [0.2, 0.25) is 0 Å². The molecule has 2 rings (SSSR count). The van der Waals surface area contributed by atoms with Crippen LogP contribution in [0.25, 0.3) is 11.0 Å². The molecular weight excluding hydrogens is 270 g/mol. The molecule has 21 heavy (non-hydrogen) atoms. The lowest BCUT2D eigenvalue weighted by atomic mass is 10.2. The van der Waals surface area contributed by atoms with E-state index in [1.807, 2.05) is 26.0 Å². The van der Waals surface area contributed by atoms with Crippen LogP contribution in [0, 0.1) is 0 Å². The molecule has 5 nitrogen and oxygen atoms in total. The molecule has 0 saturated carbocycles. The van der Waals surface area contributed by atoms with Crippen LogP contribution in [-0.2, 0) is 0 Å². The van der Waals surface area contributed by atoms with Crippen molar-refractivity contribution < 1.29 is 19.4 Å². The van der Waals surface area contributed by atoms with E-state index >= 15 is 0 Å². The number of aliphatic hydroxyl groups is 2. The van der Waals surface area contributed by atoms with Gasteiger partial charge in [0.25, 0.3) is 0 Å². The molecule has 2 atom stereocenters. The fourth-order valence-corrected chi connectivity index (χ4v) is 1.99. The van der Waals surface area contributed by atoms with Gasteiger partial charge < -0.3 is 24.7 Å². The van der Waals surface area contributed by atoms with Crippen molar-refractivity contribution in [2.24, 2.45) is 0 Å². The van der Waals surface area contributed by atoms with Gasteiger partial charge in [-0.2, -0.15) is 0 Å². The molecule has 1 aromatic carbocycles. The zero-order valence-electron chi connectivity index (χ0n) is 12.7.